The Balaban J connectivity index is 1.96. The molecule has 1 heterocycles. The summed E-state index contributed by atoms with van der Waals surface area (Å²) in [4.78, 5) is 27.6. The Hall–Kier alpha value is -1.10. The smallest absolute Gasteiger partial charge is 0.242 e. The van der Waals surface area contributed by atoms with Crippen LogP contribution in [0.15, 0.2) is 0 Å². The van der Waals surface area contributed by atoms with Crippen LogP contribution in [0.5, 0.6) is 0 Å². The Bertz CT molecular complexity index is 391. The fourth-order valence-electron chi connectivity index (χ4n) is 2.88. The summed E-state index contributed by atoms with van der Waals surface area (Å²) in [5.74, 6) is 0.169. The minimum atomic E-state index is -0.0973. The Morgan fingerprint density at radius 1 is 1.30 bits per heavy atom. The zero-order valence-electron chi connectivity index (χ0n) is 12.8. The van der Waals surface area contributed by atoms with E-state index in [1.165, 1.54) is 4.90 Å². The van der Waals surface area contributed by atoms with Gasteiger partial charge < -0.3 is 14.9 Å². The van der Waals surface area contributed by atoms with Crippen molar-refractivity contribution in [2.45, 2.75) is 45.6 Å². The zero-order valence-corrected chi connectivity index (χ0v) is 12.8. The first-order valence-electron chi connectivity index (χ1n) is 7.49. The molecule has 1 aliphatic carbocycles. The molecule has 1 atom stereocenters. The quantitative estimate of drug-likeness (QED) is 0.832. The van der Waals surface area contributed by atoms with Gasteiger partial charge in [0.15, 0.2) is 0 Å². The Morgan fingerprint density at radius 3 is 2.50 bits per heavy atom. The van der Waals surface area contributed by atoms with Crippen LogP contribution >= 0.6 is 0 Å². The number of nitrogens with zero attached hydrogens (tertiary/aromatic N) is 2. The van der Waals surface area contributed by atoms with Crippen LogP contribution in [0.1, 0.15) is 39.5 Å². The summed E-state index contributed by atoms with van der Waals surface area (Å²) in [7, 11) is 1.70. The summed E-state index contributed by atoms with van der Waals surface area (Å²) in [6.07, 6.45) is 3.75. The molecular weight excluding hydrogens is 256 g/mol. The second-order valence-electron chi connectivity index (χ2n) is 7.03. The van der Waals surface area contributed by atoms with Crippen LogP contribution < -0.4 is 0 Å². The van der Waals surface area contributed by atoms with Gasteiger partial charge in [0.2, 0.25) is 11.8 Å². The molecule has 5 heteroatoms. The standard InChI is InChI=1S/C15H26N2O3/c1-15(2)7-6-12(9-18)17(10-15)13(19)8-16(3)14(20)11-4-5-11/h11-12,18H,4-10H2,1-3H3. The van der Waals surface area contributed by atoms with E-state index in [1.807, 2.05) is 0 Å². The maximum absolute atomic E-state index is 12.4. The molecular formula is C15H26N2O3. The first-order chi connectivity index (χ1) is 9.34. The molecule has 1 N–H and O–H groups in total. The number of rotatable bonds is 4. The van der Waals surface area contributed by atoms with Crippen molar-refractivity contribution in [2.24, 2.45) is 11.3 Å². The molecule has 1 unspecified atom stereocenters. The fraction of sp³-hybridized carbons (Fsp3) is 0.867. The average Bonchev–Trinajstić information content (AvgIpc) is 3.21. The van der Waals surface area contributed by atoms with Crippen molar-refractivity contribution in [1.82, 2.24) is 9.80 Å². The van der Waals surface area contributed by atoms with Gasteiger partial charge in [0.05, 0.1) is 19.2 Å². The molecule has 2 fully saturated rings. The van der Waals surface area contributed by atoms with Gasteiger partial charge in [0.1, 0.15) is 0 Å². The highest BCUT2D eigenvalue weighted by Gasteiger charge is 2.37. The Kier molecular flexibility index (Phi) is 4.37. The van der Waals surface area contributed by atoms with Crippen molar-refractivity contribution in [3.05, 3.63) is 0 Å². The van der Waals surface area contributed by atoms with Gasteiger partial charge in [0.25, 0.3) is 0 Å². The van der Waals surface area contributed by atoms with Crippen molar-refractivity contribution < 1.29 is 14.7 Å². The van der Waals surface area contributed by atoms with Crippen LogP contribution in [0.4, 0.5) is 0 Å². The monoisotopic (exact) mass is 282 g/mol. The first-order valence-corrected chi connectivity index (χ1v) is 7.49. The number of likely N-dealkylation sites (tertiary alicyclic amines) is 1. The average molecular weight is 282 g/mol. The second kappa shape index (κ2) is 5.72. The lowest BCUT2D eigenvalue weighted by Gasteiger charge is -2.43. The molecule has 0 aromatic rings. The van der Waals surface area contributed by atoms with Crippen LogP contribution in [-0.4, -0.2) is 59.5 Å². The molecule has 0 spiro atoms. The summed E-state index contributed by atoms with van der Waals surface area (Å²) >= 11 is 0. The van der Waals surface area contributed by atoms with Crippen molar-refractivity contribution in [1.29, 1.82) is 0 Å². The van der Waals surface area contributed by atoms with Gasteiger partial charge in [-0.05, 0) is 31.1 Å². The Labute approximate surface area is 120 Å². The van der Waals surface area contributed by atoms with Gasteiger partial charge in [-0.3, -0.25) is 9.59 Å². The number of aliphatic hydroxyl groups excluding tert-OH is 1. The molecule has 2 rings (SSSR count). The number of carbonyl (C=O) groups is 2. The van der Waals surface area contributed by atoms with E-state index in [1.54, 1.807) is 11.9 Å². The van der Waals surface area contributed by atoms with Gasteiger partial charge in [-0.1, -0.05) is 13.8 Å². The van der Waals surface area contributed by atoms with Gasteiger partial charge in [-0.15, -0.1) is 0 Å². The van der Waals surface area contributed by atoms with Crippen LogP contribution in [0.25, 0.3) is 0 Å². The van der Waals surface area contributed by atoms with E-state index in [2.05, 4.69) is 13.8 Å². The topological polar surface area (TPSA) is 60.9 Å². The van der Waals surface area contributed by atoms with Gasteiger partial charge >= 0.3 is 0 Å². The van der Waals surface area contributed by atoms with E-state index < -0.39 is 0 Å². The fourth-order valence-corrected chi connectivity index (χ4v) is 2.88. The molecule has 20 heavy (non-hydrogen) atoms. The third-order valence-corrected chi connectivity index (χ3v) is 4.40. The van der Waals surface area contributed by atoms with Crippen LogP contribution in [0.3, 0.4) is 0 Å². The largest absolute Gasteiger partial charge is 0.394 e. The summed E-state index contributed by atoms with van der Waals surface area (Å²) in [6.45, 7) is 5.06. The maximum atomic E-state index is 12.4. The molecule has 0 radical (unpaired) electrons. The van der Waals surface area contributed by atoms with E-state index in [-0.39, 0.29) is 42.3 Å². The molecule has 1 aliphatic heterocycles. The van der Waals surface area contributed by atoms with Crippen molar-refractivity contribution in [3.8, 4) is 0 Å². The van der Waals surface area contributed by atoms with Crippen molar-refractivity contribution in [3.63, 3.8) is 0 Å². The van der Waals surface area contributed by atoms with E-state index in [0.29, 0.717) is 6.54 Å². The number of hydrogen-bond acceptors (Lipinski definition) is 3. The number of amides is 2. The highest BCUT2D eigenvalue weighted by molar-refractivity contribution is 5.87. The number of carbonyl (C=O) groups excluding carboxylic acids is 2. The highest BCUT2D eigenvalue weighted by atomic mass is 16.3. The molecule has 0 bridgehead atoms. The van der Waals surface area contributed by atoms with Crippen molar-refractivity contribution >= 4 is 11.8 Å². The third-order valence-electron chi connectivity index (χ3n) is 4.40. The second-order valence-corrected chi connectivity index (χ2v) is 7.03. The minimum Gasteiger partial charge on any atom is -0.394 e. The third kappa shape index (κ3) is 3.51. The lowest BCUT2D eigenvalue weighted by molar-refractivity contribution is -0.145. The first kappa shape index (κ1) is 15.3. The number of aliphatic hydroxyl groups is 1. The van der Waals surface area contributed by atoms with E-state index in [0.717, 1.165) is 25.7 Å². The van der Waals surface area contributed by atoms with Gasteiger partial charge in [-0.2, -0.15) is 0 Å². The maximum Gasteiger partial charge on any atom is 0.242 e. The molecule has 2 aliphatic rings. The minimum absolute atomic E-state index is 0.00209. The predicted molar refractivity (Wildman–Crippen MR) is 76.0 cm³/mol. The van der Waals surface area contributed by atoms with Crippen LogP contribution in [0, 0.1) is 11.3 Å². The highest BCUT2D eigenvalue weighted by Crippen LogP contribution is 2.33. The molecule has 114 valence electrons. The molecule has 0 aromatic carbocycles. The molecule has 1 saturated carbocycles. The zero-order chi connectivity index (χ0) is 14.9. The van der Waals surface area contributed by atoms with Gasteiger partial charge in [-0.25, -0.2) is 0 Å². The lowest BCUT2D eigenvalue weighted by Crippen LogP contribution is -2.54. The van der Waals surface area contributed by atoms with Gasteiger partial charge in [0, 0.05) is 19.5 Å². The van der Waals surface area contributed by atoms with E-state index in [4.69, 9.17) is 0 Å². The van der Waals surface area contributed by atoms with E-state index in [9.17, 15) is 14.7 Å². The lowest BCUT2D eigenvalue weighted by atomic mass is 9.81. The molecule has 5 nitrogen and oxygen atoms in total. The summed E-state index contributed by atoms with van der Waals surface area (Å²) in [6, 6.07) is -0.0973. The van der Waals surface area contributed by atoms with Crippen LogP contribution in [-0.2, 0) is 9.59 Å². The summed E-state index contributed by atoms with van der Waals surface area (Å²) < 4.78 is 0. The molecule has 2 amide bonds. The molecule has 0 aromatic heterocycles. The SMILES string of the molecule is CN(CC(=O)N1CC(C)(C)CCC1CO)C(=O)C1CC1. The summed E-state index contributed by atoms with van der Waals surface area (Å²) in [5, 5.41) is 9.45. The normalized spacial score (nSPS) is 25.4. The number of hydrogen-bond donors (Lipinski definition) is 1. The molecule has 1 saturated heterocycles. The van der Waals surface area contributed by atoms with Crippen LogP contribution in [0.2, 0.25) is 0 Å². The Morgan fingerprint density at radius 2 is 1.95 bits per heavy atom. The van der Waals surface area contributed by atoms with E-state index >= 15 is 0 Å². The van der Waals surface area contributed by atoms with Crippen molar-refractivity contribution in [2.75, 3.05) is 26.7 Å². The number of piperidine rings is 1. The number of likely N-dealkylation sites (N-methyl/N-ethyl adjacent to an activating group) is 1. The predicted octanol–water partition coefficient (Wildman–Crippen LogP) is 0.864. The summed E-state index contributed by atoms with van der Waals surface area (Å²) in [5.41, 5.74) is 0.0837.